The lowest BCUT2D eigenvalue weighted by atomic mass is 9.87. The number of hydrogen-bond donors (Lipinski definition) is 2. The number of carbonyl (C=O) groups is 2. The largest absolute Gasteiger partial charge is 0.469 e. The number of amides is 1. The zero-order chi connectivity index (χ0) is 25.8. The van der Waals surface area contributed by atoms with E-state index in [0.29, 0.717) is 11.3 Å². The normalized spacial score (nSPS) is 11.6. The molecule has 3 aromatic rings. The Kier molecular flexibility index (Phi) is 7.87. The van der Waals surface area contributed by atoms with Crippen LogP contribution in [-0.2, 0) is 31.4 Å². The predicted molar refractivity (Wildman–Crippen MR) is 138 cm³/mol. The van der Waals surface area contributed by atoms with Gasteiger partial charge in [-0.2, -0.15) is 0 Å². The summed E-state index contributed by atoms with van der Waals surface area (Å²) < 4.78 is 33.2. The van der Waals surface area contributed by atoms with Crippen LogP contribution in [0.5, 0.6) is 0 Å². The molecule has 0 heterocycles. The van der Waals surface area contributed by atoms with Crippen molar-refractivity contribution in [3.8, 4) is 0 Å². The summed E-state index contributed by atoms with van der Waals surface area (Å²) in [6.45, 7) is 6.12. The molecule has 0 aliphatic carbocycles. The van der Waals surface area contributed by atoms with Gasteiger partial charge in [-0.3, -0.25) is 14.3 Å². The summed E-state index contributed by atoms with van der Waals surface area (Å²) in [5, 5.41) is 2.99. The Morgan fingerprint density at radius 3 is 2.29 bits per heavy atom. The molecule has 0 aliphatic rings. The molecule has 3 aromatic carbocycles. The molecule has 3 rings (SSSR count). The average Bonchev–Trinajstić information content (AvgIpc) is 2.79. The second-order valence-corrected chi connectivity index (χ2v) is 11.1. The number of halogens is 1. The van der Waals surface area contributed by atoms with Crippen LogP contribution in [0.4, 0.5) is 11.4 Å². The van der Waals surface area contributed by atoms with Crippen LogP contribution < -0.4 is 10.0 Å². The molecular formula is C26H27ClN2O5S. The van der Waals surface area contributed by atoms with E-state index in [9.17, 15) is 18.0 Å². The summed E-state index contributed by atoms with van der Waals surface area (Å²) in [4.78, 5) is 24.7. The fraction of sp³-hybridized carbons (Fsp3) is 0.231. The third kappa shape index (κ3) is 6.83. The maximum absolute atomic E-state index is 13.1. The first kappa shape index (κ1) is 26.2. The van der Waals surface area contributed by atoms with E-state index >= 15 is 0 Å². The van der Waals surface area contributed by atoms with Crippen molar-refractivity contribution in [2.45, 2.75) is 37.5 Å². The van der Waals surface area contributed by atoms with Gasteiger partial charge in [0.25, 0.3) is 15.9 Å². The van der Waals surface area contributed by atoms with Crippen molar-refractivity contribution in [3.63, 3.8) is 0 Å². The van der Waals surface area contributed by atoms with Crippen LogP contribution in [-0.4, -0.2) is 27.4 Å². The van der Waals surface area contributed by atoms with E-state index in [-0.39, 0.29) is 33.0 Å². The highest BCUT2D eigenvalue weighted by atomic mass is 35.5. The SMILES string of the molecule is COC(=O)Cc1cccc(NC(=O)c2cc(Cl)ccc2NS(=O)(=O)c2ccc(C(C)(C)C)cc2)c1. The van der Waals surface area contributed by atoms with Gasteiger partial charge >= 0.3 is 5.97 Å². The predicted octanol–water partition coefficient (Wildman–Crippen LogP) is 5.41. The van der Waals surface area contributed by atoms with Gasteiger partial charge in [-0.15, -0.1) is 0 Å². The zero-order valence-corrected chi connectivity index (χ0v) is 21.5. The van der Waals surface area contributed by atoms with Crippen LogP contribution >= 0.6 is 11.6 Å². The molecule has 7 nitrogen and oxygen atoms in total. The van der Waals surface area contributed by atoms with E-state index in [1.165, 1.54) is 37.4 Å². The molecule has 0 radical (unpaired) electrons. The van der Waals surface area contributed by atoms with Crippen molar-refractivity contribution in [2.75, 3.05) is 17.1 Å². The van der Waals surface area contributed by atoms with E-state index in [1.807, 2.05) is 20.8 Å². The second kappa shape index (κ2) is 10.5. The minimum atomic E-state index is -3.96. The molecular weight excluding hydrogens is 488 g/mol. The Morgan fingerprint density at radius 2 is 1.66 bits per heavy atom. The van der Waals surface area contributed by atoms with Gasteiger partial charge in [0.2, 0.25) is 0 Å². The average molecular weight is 515 g/mol. The standard InChI is InChI=1S/C26H27ClN2O5S/c1-26(2,3)18-8-11-21(12-9-18)35(32,33)29-23-13-10-19(27)16-22(23)25(31)28-20-7-5-6-17(14-20)15-24(30)34-4/h5-14,16,29H,15H2,1-4H3,(H,28,31). The first-order valence-electron chi connectivity index (χ1n) is 10.8. The van der Waals surface area contributed by atoms with Crippen LogP contribution in [0.15, 0.2) is 71.6 Å². The quantitative estimate of drug-likeness (QED) is 0.411. The highest BCUT2D eigenvalue weighted by molar-refractivity contribution is 7.92. The number of benzene rings is 3. The van der Waals surface area contributed by atoms with Crippen LogP contribution in [0.25, 0.3) is 0 Å². The number of ether oxygens (including phenoxy) is 1. The first-order valence-corrected chi connectivity index (χ1v) is 12.7. The Balaban J connectivity index is 1.86. The molecule has 0 aromatic heterocycles. The van der Waals surface area contributed by atoms with Crippen LogP contribution in [0, 0.1) is 0 Å². The van der Waals surface area contributed by atoms with E-state index in [2.05, 4.69) is 14.8 Å². The summed E-state index contributed by atoms with van der Waals surface area (Å²) in [6, 6.07) is 17.6. The highest BCUT2D eigenvalue weighted by Crippen LogP contribution is 2.27. The lowest BCUT2D eigenvalue weighted by Gasteiger charge is -2.19. The van der Waals surface area contributed by atoms with E-state index < -0.39 is 21.9 Å². The van der Waals surface area contributed by atoms with Gasteiger partial charge in [-0.25, -0.2) is 8.42 Å². The second-order valence-electron chi connectivity index (χ2n) is 8.98. The number of esters is 1. The van der Waals surface area contributed by atoms with Crippen LogP contribution in [0.2, 0.25) is 5.02 Å². The monoisotopic (exact) mass is 514 g/mol. The Bertz CT molecular complexity index is 1350. The number of methoxy groups -OCH3 is 1. The molecule has 0 atom stereocenters. The van der Waals surface area contributed by atoms with Crippen molar-refractivity contribution in [1.29, 1.82) is 0 Å². The van der Waals surface area contributed by atoms with Crippen LogP contribution in [0.3, 0.4) is 0 Å². The number of hydrogen-bond acceptors (Lipinski definition) is 5. The summed E-state index contributed by atoms with van der Waals surface area (Å²) in [7, 11) is -2.66. The third-order valence-electron chi connectivity index (χ3n) is 5.26. The lowest BCUT2D eigenvalue weighted by Crippen LogP contribution is -2.19. The van der Waals surface area contributed by atoms with Gasteiger partial charge in [-0.1, -0.05) is 56.6 Å². The number of carbonyl (C=O) groups excluding carboxylic acids is 2. The van der Waals surface area contributed by atoms with E-state index in [1.54, 1.807) is 36.4 Å². The number of nitrogens with one attached hydrogen (secondary N) is 2. The first-order chi connectivity index (χ1) is 16.4. The molecule has 9 heteroatoms. The fourth-order valence-electron chi connectivity index (χ4n) is 3.33. The topological polar surface area (TPSA) is 102 Å². The molecule has 0 saturated heterocycles. The van der Waals surface area contributed by atoms with Gasteiger partial charge in [0, 0.05) is 10.7 Å². The highest BCUT2D eigenvalue weighted by Gasteiger charge is 2.21. The fourth-order valence-corrected chi connectivity index (χ4v) is 4.58. The third-order valence-corrected chi connectivity index (χ3v) is 6.88. The molecule has 0 spiro atoms. The van der Waals surface area contributed by atoms with Crippen molar-refractivity contribution >= 4 is 44.9 Å². The maximum atomic E-state index is 13.1. The molecule has 2 N–H and O–H groups in total. The molecule has 0 fully saturated rings. The summed E-state index contributed by atoms with van der Waals surface area (Å²) in [5.74, 6) is -0.973. The Morgan fingerprint density at radius 1 is 0.971 bits per heavy atom. The van der Waals surface area contributed by atoms with Gasteiger partial charge in [0.1, 0.15) is 0 Å². The van der Waals surface area contributed by atoms with Crippen molar-refractivity contribution in [2.24, 2.45) is 0 Å². The van der Waals surface area contributed by atoms with Crippen molar-refractivity contribution in [1.82, 2.24) is 0 Å². The smallest absolute Gasteiger partial charge is 0.309 e. The molecule has 0 unspecified atom stereocenters. The van der Waals surface area contributed by atoms with Crippen molar-refractivity contribution in [3.05, 3.63) is 88.4 Å². The molecule has 0 bridgehead atoms. The molecule has 35 heavy (non-hydrogen) atoms. The minimum absolute atomic E-state index is 0.0470. The van der Waals surface area contributed by atoms with Gasteiger partial charge < -0.3 is 10.1 Å². The Labute approximate surface area is 210 Å². The van der Waals surface area contributed by atoms with Gasteiger partial charge in [0.05, 0.1) is 29.7 Å². The summed E-state index contributed by atoms with van der Waals surface area (Å²) in [6.07, 6.45) is 0.0520. The molecule has 0 aliphatic heterocycles. The van der Waals surface area contributed by atoms with Crippen LogP contribution in [0.1, 0.15) is 42.3 Å². The number of sulfonamides is 1. The summed E-state index contributed by atoms with van der Waals surface area (Å²) in [5.41, 5.74) is 2.09. The minimum Gasteiger partial charge on any atom is -0.469 e. The summed E-state index contributed by atoms with van der Waals surface area (Å²) >= 11 is 6.10. The zero-order valence-electron chi connectivity index (χ0n) is 19.9. The molecule has 0 saturated carbocycles. The lowest BCUT2D eigenvalue weighted by molar-refractivity contribution is -0.139. The van der Waals surface area contributed by atoms with Gasteiger partial charge in [0.15, 0.2) is 0 Å². The molecule has 1 amide bonds. The van der Waals surface area contributed by atoms with Gasteiger partial charge in [-0.05, 0) is 59.0 Å². The Hall–Kier alpha value is -3.36. The molecule has 184 valence electrons. The van der Waals surface area contributed by atoms with E-state index in [4.69, 9.17) is 11.6 Å². The van der Waals surface area contributed by atoms with E-state index in [0.717, 1.165) is 5.56 Å². The maximum Gasteiger partial charge on any atom is 0.309 e. The number of rotatable bonds is 7. The van der Waals surface area contributed by atoms with Crippen molar-refractivity contribution < 1.29 is 22.7 Å². The number of anilines is 2.